The molecule has 2 fully saturated rings. The Hall–Kier alpha value is -1.14. The SMILES string of the molecule is CC(C)C1(C(=O)O)CCN(C(=O)COC2(C)CNC2)C1. The molecule has 0 saturated carbocycles. The van der Waals surface area contributed by atoms with Crippen LogP contribution in [-0.2, 0) is 14.3 Å². The minimum absolute atomic E-state index is 0.00654. The summed E-state index contributed by atoms with van der Waals surface area (Å²) in [6.45, 7) is 8.11. The number of likely N-dealkylation sites (tertiary alicyclic amines) is 1. The number of carbonyl (C=O) groups is 2. The molecule has 0 aromatic rings. The summed E-state index contributed by atoms with van der Waals surface area (Å²) in [5.74, 6) is -0.909. The minimum Gasteiger partial charge on any atom is -0.481 e. The summed E-state index contributed by atoms with van der Waals surface area (Å²) < 4.78 is 5.63. The highest BCUT2D eigenvalue weighted by molar-refractivity contribution is 5.81. The van der Waals surface area contributed by atoms with Crippen molar-refractivity contribution in [1.82, 2.24) is 10.2 Å². The number of carboxylic acids is 1. The standard InChI is InChI=1S/C14H24N2O4/c1-10(2)14(12(18)19)4-5-16(9-14)11(17)6-20-13(3)7-15-8-13/h10,15H,4-9H2,1-3H3,(H,18,19). The molecule has 114 valence electrons. The topological polar surface area (TPSA) is 78.9 Å². The van der Waals surface area contributed by atoms with Gasteiger partial charge in [0.05, 0.1) is 11.0 Å². The smallest absolute Gasteiger partial charge is 0.311 e. The highest BCUT2D eigenvalue weighted by Crippen LogP contribution is 2.38. The molecule has 2 heterocycles. The summed E-state index contributed by atoms with van der Waals surface area (Å²) in [7, 11) is 0. The van der Waals surface area contributed by atoms with Crippen LogP contribution >= 0.6 is 0 Å². The predicted octanol–water partition coefficient (Wildman–Crippen LogP) is 0.324. The molecule has 0 radical (unpaired) electrons. The van der Waals surface area contributed by atoms with Crippen molar-refractivity contribution >= 4 is 11.9 Å². The van der Waals surface area contributed by atoms with Gasteiger partial charge in [0.1, 0.15) is 6.61 Å². The van der Waals surface area contributed by atoms with Gasteiger partial charge < -0.3 is 20.1 Å². The van der Waals surface area contributed by atoms with Crippen LogP contribution in [0.4, 0.5) is 0 Å². The zero-order valence-corrected chi connectivity index (χ0v) is 12.4. The van der Waals surface area contributed by atoms with Crippen molar-refractivity contribution in [2.75, 3.05) is 32.8 Å². The number of nitrogens with zero attached hydrogens (tertiary/aromatic N) is 1. The molecule has 2 saturated heterocycles. The Labute approximate surface area is 119 Å². The molecule has 6 nitrogen and oxygen atoms in total. The van der Waals surface area contributed by atoms with Gasteiger partial charge in [-0.3, -0.25) is 9.59 Å². The molecule has 2 N–H and O–H groups in total. The van der Waals surface area contributed by atoms with E-state index < -0.39 is 11.4 Å². The average Bonchev–Trinajstić information content (AvgIpc) is 2.80. The number of amides is 1. The molecule has 6 heteroatoms. The Morgan fingerprint density at radius 1 is 1.40 bits per heavy atom. The Balaban J connectivity index is 1.91. The van der Waals surface area contributed by atoms with Crippen molar-refractivity contribution in [3.05, 3.63) is 0 Å². The lowest BCUT2D eigenvalue weighted by Gasteiger charge is -2.39. The lowest BCUT2D eigenvalue weighted by Crippen LogP contribution is -2.59. The Kier molecular flexibility index (Phi) is 4.07. The van der Waals surface area contributed by atoms with Crippen LogP contribution in [0.3, 0.4) is 0 Å². The molecular formula is C14H24N2O4. The van der Waals surface area contributed by atoms with Gasteiger partial charge in [0.25, 0.3) is 0 Å². The first-order valence-corrected chi connectivity index (χ1v) is 7.15. The first kappa shape index (κ1) is 15.3. The number of ether oxygens (including phenoxy) is 1. The van der Waals surface area contributed by atoms with E-state index in [1.807, 2.05) is 20.8 Å². The van der Waals surface area contributed by atoms with E-state index in [1.54, 1.807) is 4.90 Å². The van der Waals surface area contributed by atoms with E-state index in [1.165, 1.54) is 0 Å². The molecule has 2 rings (SSSR count). The number of hydrogen-bond donors (Lipinski definition) is 2. The van der Waals surface area contributed by atoms with Crippen molar-refractivity contribution in [3.63, 3.8) is 0 Å². The summed E-state index contributed by atoms with van der Waals surface area (Å²) >= 11 is 0. The quantitative estimate of drug-likeness (QED) is 0.760. The molecule has 2 aliphatic heterocycles. The Morgan fingerprint density at radius 2 is 2.05 bits per heavy atom. The van der Waals surface area contributed by atoms with Gasteiger partial charge in [-0.1, -0.05) is 13.8 Å². The van der Waals surface area contributed by atoms with Gasteiger partial charge in [-0.2, -0.15) is 0 Å². The maximum absolute atomic E-state index is 12.2. The van der Waals surface area contributed by atoms with Crippen LogP contribution in [0, 0.1) is 11.3 Å². The van der Waals surface area contributed by atoms with Crippen molar-refractivity contribution in [3.8, 4) is 0 Å². The van der Waals surface area contributed by atoms with Crippen molar-refractivity contribution in [2.24, 2.45) is 11.3 Å². The van der Waals surface area contributed by atoms with E-state index in [0.717, 1.165) is 13.1 Å². The number of carbonyl (C=O) groups excluding carboxylic acids is 1. The molecule has 0 spiro atoms. The largest absolute Gasteiger partial charge is 0.481 e. The number of nitrogens with one attached hydrogen (secondary N) is 1. The molecule has 0 aliphatic carbocycles. The number of rotatable bonds is 5. The molecular weight excluding hydrogens is 260 g/mol. The molecule has 20 heavy (non-hydrogen) atoms. The lowest BCUT2D eigenvalue weighted by atomic mass is 9.76. The molecule has 1 atom stereocenters. The summed E-state index contributed by atoms with van der Waals surface area (Å²) in [5.41, 5.74) is -1.06. The van der Waals surface area contributed by atoms with Crippen LogP contribution in [0.2, 0.25) is 0 Å². The minimum atomic E-state index is -0.808. The van der Waals surface area contributed by atoms with Gasteiger partial charge in [0.15, 0.2) is 0 Å². The number of carboxylic acid groups (broad SMARTS) is 1. The first-order valence-electron chi connectivity index (χ1n) is 7.15. The van der Waals surface area contributed by atoms with Crippen molar-refractivity contribution in [2.45, 2.75) is 32.8 Å². The van der Waals surface area contributed by atoms with E-state index in [0.29, 0.717) is 13.0 Å². The fourth-order valence-electron chi connectivity index (χ4n) is 2.85. The van der Waals surface area contributed by atoms with E-state index in [2.05, 4.69) is 5.32 Å². The fraction of sp³-hybridized carbons (Fsp3) is 0.857. The Morgan fingerprint density at radius 3 is 2.45 bits per heavy atom. The second-order valence-electron chi connectivity index (χ2n) is 6.52. The van der Waals surface area contributed by atoms with Crippen LogP contribution in [0.25, 0.3) is 0 Å². The van der Waals surface area contributed by atoms with Gasteiger partial charge in [-0.25, -0.2) is 0 Å². The molecule has 0 bridgehead atoms. The third-order valence-corrected chi connectivity index (χ3v) is 4.73. The maximum atomic E-state index is 12.2. The second-order valence-corrected chi connectivity index (χ2v) is 6.52. The summed E-state index contributed by atoms with van der Waals surface area (Å²) in [6, 6.07) is 0. The van der Waals surface area contributed by atoms with Crippen LogP contribution in [0.5, 0.6) is 0 Å². The lowest BCUT2D eigenvalue weighted by molar-refractivity contribution is -0.152. The zero-order chi connectivity index (χ0) is 15.0. The third-order valence-electron chi connectivity index (χ3n) is 4.73. The van der Waals surface area contributed by atoms with Crippen LogP contribution in [-0.4, -0.2) is 60.3 Å². The zero-order valence-electron chi connectivity index (χ0n) is 12.4. The predicted molar refractivity (Wildman–Crippen MR) is 73.3 cm³/mol. The molecule has 1 unspecified atom stereocenters. The van der Waals surface area contributed by atoms with Crippen molar-refractivity contribution in [1.29, 1.82) is 0 Å². The van der Waals surface area contributed by atoms with Gasteiger partial charge >= 0.3 is 5.97 Å². The van der Waals surface area contributed by atoms with Crippen LogP contribution in [0.1, 0.15) is 27.2 Å². The molecule has 0 aromatic heterocycles. The first-order chi connectivity index (χ1) is 9.29. The molecule has 1 amide bonds. The van der Waals surface area contributed by atoms with Gasteiger partial charge in [0.2, 0.25) is 5.91 Å². The highest BCUT2D eigenvalue weighted by atomic mass is 16.5. The molecule has 2 aliphatic rings. The van der Waals surface area contributed by atoms with Gasteiger partial charge in [0, 0.05) is 26.2 Å². The summed E-state index contributed by atoms with van der Waals surface area (Å²) in [6.07, 6.45) is 0.518. The normalized spacial score (nSPS) is 28.5. The summed E-state index contributed by atoms with van der Waals surface area (Å²) in [4.78, 5) is 25.3. The van der Waals surface area contributed by atoms with Crippen LogP contribution < -0.4 is 5.32 Å². The number of hydrogen-bond acceptors (Lipinski definition) is 4. The van der Waals surface area contributed by atoms with Gasteiger partial charge in [-0.05, 0) is 19.3 Å². The monoisotopic (exact) mass is 284 g/mol. The fourth-order valence-corrected chi connectivity index (χ4v) is 2.85. The molecule has 0 aromatic carbocycles. The maximum Gasteiger partial charge on any atom is 0.311 e. The average molecular weight is 284 g/mol. The third kappa shape index (κ3) is 2.67. The van der Waals surface area contributed by atoms with Crippen LogP contribution in [0.15, 0.2) is 0 Å². The van der Waals surface area contributed by atoms with Crippen molar-refractivity contribution < 1.29 is 19.4 Å². The Bertz CT molecular complexity index is 406. The second kappa shape index (κ2) is 5.33. The highest BCUT2D eigenvalue weighted by Gasteiger charge is 2.48. The van der Waals surface area contributed by atoms with E-state index >= 15 is 0 Å². The van der Waals surface area contributed by atoms with E-state index in [-0.39, 0.29) is 30.6 Å². The van der Waals surface area contributed by atoms with E-state index in [4.69, 9.17) is 4.74 Å². The number of aliphatic carboxylic acids is 1. The van der Waals surface area contributed by atoms with E-state index in [9.17, 15) is 14.7 Å². The van der Waals surface area contributed by atoms with Gasteiger partial charge in [-0.15, -0.1) is 0 Å². The summed E-state index contributed by atoms with van der Waals surface area (Å²) in [5, 5.41) is 12.6.